The van der Waals surface area contributed by atoms with Crippen molar-refractivity contribution in [1.29, 1.82) is 0 Å². The maximum atomic E-state index is 14.0. The summed E-state index contributed by atoms with van der Waals surface area (Å²) in [5, 5.41) is 2.57. The van der Waals surface area contributed by atoms with Gasteiger partial charge in [0.05, 0.1) is 10.5 Å². The number of rotatable bonds is 8. The first-order valence-corrected chi connectivity index (χ1v) is 9.79. The Morgan fingerprint density at radius 2 is 1.77 bits per heavy atom. The van der Waals surface area contributed by atoms with Crippen molar-refractivity contribution in [2.45, 2.75) is 51.7 Å². The number of nitrogens with zero attached hydrogens (tertiary/aromatic N) is 1. The van der Waals surface area contributed by atoms with Crippen molar-refractivity contribution in [3.8, 4) is 0 Å². The van der Waals surface area contributed by atoms with Crippen molar-refractivity contribution in [1.82, 2.24) is 9.62 Å². The van der Waals surface area contributed by atoms with Gasteiger partial charge in [-0.15, -0.1) is 0 Å². The van der Waals surface area contributed by atoms with E-state index in [9.17, 15) is 22.4 Å². The molecule has 1 N–H and O–H groups in total. The standard InChI is InChI=1S/C17H25FN2O5S/c1-6-20(7-2)26(23,24)13-8-9-15(18)14(10-13)17(22)25-12(5)16(21)19-11(3)4/h8-12H,6-7H2,1-5H3,(H,19,21)/t12-/m1/s1. The first-order valence-electron chi connectivity index (χ1n) is 8.35. The van der Waals surface area contributed by atoms with E-state index in [0.717, 1.165) is 18.2 Å². The fraction of sp³-hybridized carbons (Fsp3) is 0.529. The quantitative estimate of drug-likeness (QED) is 0.687. The Bertz CT molecular complexity index is 760. The number of hydrogen-bond donors (Lipinski definition) is 1. The van der Waals surface area contributed by atoms with Crippen LogP contribution in [0.2, 0.25) is 0 Å². The van der Waals surface area contributed by atoms with Crippen molar-refractivity contribution in [3.05, 3.63) is 29.6 Å². The van der Waals surface area contributed by atoms with E-state index in [1.807, 2.05) is 0 Å². The predicted molar refractivity (Wildman–Crippen MR) is 94.7 cm³/mol. The van der Waals surface area contributed by atoms with Gasteiger partial charge in [-0.2, -0.15) is 4.31 Å². The smallest absolute Gasteiger partial charge is 0.341 e. The van der Waals surface area contributed by atoms with Gasteiger partial charge in [0, 0.05) is 19.1 Å². The minimum atomic E-state index is -3.86. The first kappa shape index (κ1) is 22.0. The Kier molecular flexibility index (Phi) is 7.70. The number of carbonyl (C=O) groups is 2. The lowest BCUT2D eigenvalue weighted by molar-refractivity contribution is -0.129. The number of carbonyl (C=O) groups excluding carboxylic acids is 2. The van der Waals surface area contributed by atoms with E-state index in [2.05, 4.69) is 5.32 Å². The van der Waals surface area contributed by atoms with Gasteiger partial charge in [-0.25, -0.2) is 17.6 Å². The van der Waals surface area contributed by atoms with E-state index in [1.54, 1.807) is 27.7 Å². The Labute approximate surface area is 153 Å². The molecule has 0 unspecified atom stereocenters. The molecule has 9 heteroatoms. The molecule has 0 fully saturated rings. The summed E-state index contributed by atoms with van der Waals surface area (Å²) in [6.07, 6.45) is -1.15. The highest BCUT2D eigenvalue weighted by Crippen LogP contribution is 2.20. The highest BCUT2D eigenvalue weighted by molar-refractivity contribution is 7.89. The van der Waals surface area contributed by atoms with Gasteiger partial charge in [-0.05, 0) is 39.0 Å². The summed E-state index contributed by atoms with van der Waals surface area (Å²) in [7, 11) is -3.86. The minimum absolute atomic E-state index is 0.150. The number of halogens is 1. The van der Waals surface area contributed by atoms with Gasteiger partial charge < -0.3 is 10.1 Å². The van der Waals surface area contributed by atoms with Crippen molar-refractivity contribution >= 4 is 21.9 Å². The summed E-state index contributed by atoms with van der Waals surface area (Å²) in [6.45, 7) is 8.67. The van der Waals surface area contributed by atoms with Crippen LogP contribution in [0.15, 0.2) is 23.1 Å². The zero-order chi connectivity index (χ0) is 20.1. The van der Waals surface area contributed by atoms with Crippen LogP contribution in [0.3, 0.4) is 0 Å². The molecule has 0 saturated carbocycles. The first-order chi connectivity index (χ1) is 12.0. The Morgan fingerprint density at radius 3 is 2.27 bits per heavy atom. The maximum absolute atomic E-state index is 14.0. The molecular formula is C17H25FN2O5S. The summed E-state index contributed by atoms with van der Waals surface area (Å²) < 4.78 is 45.2. The monoisotopic (exact) mass is 388 g/mol. The third-order valence-corrected chi connectivity index (χ3v) is 5.63. The van der Waals surface area contributed by atoms with E-state index in [4.69, 9.17) is 4.74 Å². The van der Waals surface area contributed by atoms with Crippen molar-refractivity contribution in [3.63, 3.8) is 0 Å². The van der Waals surface area contributed by atoms with Crippen molar-refractivity contribution < 1.29 is 27.1 Å². The number of sulfonamides is 1. The Balaban J connectivity index is 3.11. The summed E-state index contributed by atoms with van der Waals surface area (Å²) in [5.41, 5.74) is -0.539. The average Bonchev–Trinajstić information content (AvgIpc) is 2.55. The molecule has 146 valence electrons. The number of hydrogen-bond acceptors (Lipinski definition) is 5. The van der Waals surface area contributed by atoms with E-state index in [1.165, 1.54) is 11.2 Å². The van der Waals surface area contributed by atoms with Crippen LogP contribution in [-0.2, 0) is 19.6 Å². The molecular weight excluding hydrogens is 363 g/mol. The number of esters is 1. The third-order valence-electron chi connectivity index (χ3n) is 3.58. The second-order valence-corrected chi connectivity index (χ2v) is 7.88. The van der Waals surface area contributed by atoms with Crippen LogP contribution in [-0.4, -0.2) is 49.8 Å². The maximum Gasteiger partial charge on any atom is 0.341 e. The van der Waals surface area contributed by atoms with Gasteiger partial charge in [-0.1, -0.05) is 13.8 Å². The van der Waals surface area contributed by atoms with Crippen LogP contribution in [0.4, 0.5) is 4.39 Å². The highest BCUT2D eigenvalue weighted by atomic mass is 32.2. The third kappa shape index (κ3) is 5.25. The molecule has 0 aliphatic rings. The molecule has 0 spiro atoms. The van der Waals surface area contributed by atoms with Crippen LogP contribution >= 0.6 is 0 Å². The molecule has 0 aromatic heterocycles. The van der Waals surface area contributed by atoms with Gasteiger partial charge in [0.15, 0.2) is 6.10 Å². The molecule has 1 aromatic carbocycles. The molecule has 1 atom stereocenters. The molecule has 0 bridgehead atoms. The minimum Gasteiger partial charge on any atom is -0.449 e. The van der Waals surface area contributed by atoms with Crippen LogP contribution in [0.25, 0.3) is 0 Å². The molecule has 0 aliphatic heterocycles. The molecule has 1 amide bonds. The normalized spacial score (nSPS) is 12.9. The van der Waals surface area contributed by atoms with Crippen LogP contribution < -0.4 is 5.32 Å². The van der Waals surface area contributed by atoms with E-state index in [0.29, 0.717) is 0 Å². The lowest BCUT2D eigenvalue weighted by Crippen LogP contribution is -2.39. The molecule has 0 radical (unpaired) electrons. The van der Waals surface area contributed by atoms with Crippen LogP contribution in [0.5, 0.6) is 0 Å². The van der Waals surface area contributed by atoms with Gasteiger partial charge >= 0.3 is 5.97 Å². The van der Waals surface area contributed by atoms with Crippen LogP contribution in [0.1, 0.15) is 45.0 Å². The van der Waals surface area contributed by atoms with E-state index in [-0.39, 0.29) is 24.0 Å². The topological polar surface area (TPSA) is 92.8 Å². The predicted octanol–water partition coefficient (Wildman–Crippen LogP) is 1.93. The molecule has 1 rings (SSSR count). The zero-order valence-electron chi connectivity index (χ0n) is 15.6. The van der Waals surface area contributed by atoms with Gasteiger partial charge in [0.25, 0.3) is 5.91 Å². The molecule has 0 aliphatic carbocycles. The Hall–Kier alpha value is -2.00. The summed E-state index contributed by atoms with van der Waals surface area (Å²) >= 11 is 0. The average molecular weight is 388 g/mol. The molecule has 1 aromatic rings. The van der Waals surface area contributed by atoms with Crippen LogP contribution in [0, 0.1) is 5.82 Å². The van der Waals surface area contributed by atoms with Crippen molar-refractivity contribution in [2.24, 2.45) is 0 Å². The highest BCUT2D eigenvalue weighted by Gasteiger charge is 2.26. The lowest BCUT2D eigenvalue weighted by atomic mass is 10.2. The summed E-state index contributed by atoms with van der Waals surface area (Å²) in [6, 6.07) is 2.77. The fourth-order valence-corrected chi connectivity index (χ4v) is 3.70. The lowest BCUT2D eigenvalue weighted by Gasteiger charge is -2.19. The largest absolute Gasteiger partial charge is 0.449 e. The van der Waals surface area contributed by atoms with Gasteiger partial charge in [-0.3, -0.25) is 4.79 Å². The second kappa shape index (κ2) is 9.09. The number of ether oxygens (including phenoxy) is 1. The van der Waals surface area contributed by atoms with E-state index >= 15 is 0 Å². The Morgan fingerprint density at radius 1 is 1.19 bits per heavy atom. The number of benzene rings is 1. The second-order valence-electron chi connectivity index (χ2n) is 5.94. The van der Waals surface area contributed by atoms with E-state index < -0.39 is 39.4 Å². The van der Waals surface area contributed by atoms with Gasteiger partial charge in [0.2, 0.25) is 10.0 Å². The fourth-order valence-electron chi connectivity index (χ4n) is 2.21. The molecule has 7 nitrogen and oxygen atoms in total. The SMILES string of the molecule is CCN(CC)S(=O)(=O)c1ccc(F)c(C(=O)O[C@H](C)C(=O)NC(C)C)c1. The summed E-state index contributed by atoms with van der Waals surface area (Å²) in [4.78, 5) is 23.8. The van der Waals surface area contributed by atoms with Gasteiger partial charge in [0.1, 0.15) is 5.82 Å². The summed E-state index contributed by atoms with van der Waals surface area (Å²) in [5.74, 6) is -2.56. The van der Waals surface area contributed by atoms with Crippen molar-refractivity contribution in [2.75, 3.05) is 13.1 Å². The molecule has 0 heterocycles. The number of amides is 1. The molecule has 0 saturated heterocycles. The zero-order valence-corrected chi connectivity index (χ0v) is 16.4. The number of nitrogens with one attached hydrogen (secondary N) is 1. The molecule has 26 heavy (non-hydrogen) atoms.